The molecular weight excluding hydrogens is 184 g/mol. The second-order valence-electron chi connectivity index (χ2n) is 4.08. The number of carbonyl (C=O) groups is 1. The highest BCUT2D eigenvalue weighted by Gasteiger charge is 2.34. The highest BCUT2D eigenvalue weighted by molar-refractivity contribution is 5.69. The van der Waals surface area contributed by atoms with Gasteiger partial charge in [0.05, 0.1) is 25.7 Å². The molecule has 0 saturated carbocycles. The summed E-state index contributed by atoms with van der Waals surface area (Å²) in [6, 6.07) is 0. The summed E-state index contributed by atoms with van der Waals surface area (Å²) >= 11 is 0. The molecule has 0 bridgehead atoms. The van der Waals surface area contributed by atoms with Crippen LogP contribution in [0.4, 0.5) is 0 Å². The predicted molar refractivity (Wildman–Crippen MR) is 50.7 cm³/mol. The molecule has 82 valence electrons. The lowest BCUT2D eigenvalue weighted by atomic mass is 10.1. The molecule has 1 rings (SSSR count). The zero-order valence-corrected chi connectivity index (χ0v) is 9.20. The normalized spacial score (nSPS) is 31.1. The first-order valence-electron chi connectivity index (χ1n) is 4.85. The molecule has 0 N–H and O–H groups in total. The standard InChI is InChI=1S/C10H18O4/c1-7-5-8(6-9(11)12-4)14-10(2,3)13-7/h7-8H,5-6H2,1-4H3/t7-,8-/m1/s1. The van der Waals surface area contributed by atoms with Crippen molar-refractivity contribution in [3.05, 3.63) is 0 Å². The molecule has 2 atom stereocenters. The zero-order valence-electron chi connectivity index (χ0n) is 9.20. The highest BCUT2D eigenvalue weighted by atomic mass is 16.7. The predicted octanol–water partition coefficient (Wildman–Crippen LogP) is 1.48. The summed E-state index contributed by atoms with van der Waals surface area (Å²) in [7, 11) is 1.39. The van der Waals surface area contributed by atoms with Crippen LogP contribution in [0.15, 0.2) is 0 Å². The van der Waals surface area contributed by atoms with Gasteiger partial charge in [0, 0.05) is 6.42 Å². The molecule has 0 aromatic carbocycles. The summed E-state index contributed by atoms with van der Waals surface area (Å²) in [5, 5.41) is 0. The van der Waals surface area contributed by atoms with Crippen molar-refractivity contribution >= 4 is 5.97 Å². The molecule has 0 unspecified atom stereocenters. The fourth-order valence-electron chi connectivity index (χ4n) is 1.77. The van der Waals surface area contributed by atoms with E-state index in [0.29, 0.717) is 6.42 Å². The van der Waals surface area contributed by atoms with Crippen LogP contribution in [0, 0.1) is 0 Å². The lowest BCUT2D eigenvalue weighted by Crippen LogP contribution is -2.44. The maximum Gasteiger partial charge on any atom is 0.308 e. The van der Waals surface area contributed by atoms with E-state index < -0.39 is 5.79 Å². The first-order valence-corrected chi connectivity index (χ1v) is 4.85. The second kappa shape index (κ2) is 4.28. The van der Waals surface area contributed by atoms with E-state index in [1.807, 2.05) is 20.8 Å². The van der Waals surface area contributed by atoms with E-state index in [9.17, 15) is 4.79 Å². The monoisotopic (exact) mass is 202 g/mol. The molecule has 1 heterocycles. The molecule has 0 aromatic heterocycles. The number of methoxy groups -OCH3 is 1. The van der Waals surface area contributed by atoms with Gasteiger partial charge < -0.3 is 14.2 Å². The van der Waals surface area contributed by atoms with Crippen molar-refractivity contribution < 1.29 is 19.0 Å². The quantitative estimate of drug-likeness (QED) is 0.636. The van der Waals surface area contributed by atoms with Crippen LogP contribution >= 0.6 is 0 Å². The molecule has 0 spiro atoms. The first kappa shape index (κ1) is 11.5. The lowest BCUT2D eigenvalue weighted by molar-refractivity contribution is -0.296. The maximum atomic E-state index is 11.1. The Morgan fingerprint density at radius 3 is 2.64 bits per heavy atom. The molecule has 0 aliphatic carbocycles. The lowest BCUT2D eigenvalue weighted by Gasteiger charge is -2.39. The van der Waals surface area contributed by atoms with Gasteiger partial charge in [0.15, 0.2) is 5.79 Å². The van der Waals surface area contributed by atoms with Gasteiger partial charge in [0.1, 0.15) is 0 Å². The van der Waals surface area contributed by atoms with Crippen LogP contribution in [-0.2, 0) is 19.0 Å². The molecular formula is C10H18O4. The Kier molecular flexibility index (Phi) is 3.50. The van der Waals surface area contributed by atoms with Gasteiger partial charge >= 0.3 is 5.97 Å². The van der Waals surface area contributed by atoms with E-state index in [1.54, 1.807) is 0 Å². The Labute approximate surface area is 84.5 Å². The van der Waals surface area contributed by atoms with E-state index >= 15 is 0 Å². The summed E-state index contributed by atoms with van der Waals surface area (Å²) < 4.78 is 15.7. The van der Waals surface area contributed by atoms with Gasteiger partial charge in [0.25, 0.3) is 0 Å². The van der Waals surface area contributed by atoms with Crippen molar-refractivity contribution in [2.75, 3.05) is 7.11 Å². The molecule has 0 aromatic rings. The maximum absolute atomic E-state index is 11.1. The van der Waals surface area contributed by atoms with Crippen LogP contribution < -0.4 is 0 Å². The van der Waals surface area contributed by atoms with Gasteiger partial charge in [-0.3, -0.25) is 4.79 Å². The van der Waals surface area contributed by atoms with E-state index in [-0.39, 0.29) is 18.2 Å². The van der Waals surface area contributed by atoms with Gasteiger partial charge in [-0.05, 0) is 20.8 Å². The average molecular weight is 202 g/mol. The summed E-state index contributed by atoms with van der Waals surface area (Å²) in [5.74, 6) is -0.837. The van der Waals surface area contributed by atoms with Crippen LogP contribution in [0.5, 0.6) is 0 Å². The number of hydrogen-bond acceptors (Lipinski definition) is 4. The molecule has 1 aliphatic rings. The van der Waals surface area contributed by atoms with Crippen molar-refractivity contribution in [1.82, 2.24) is 0 Å². The Hall–Kier alpha value is -0.610. The van der Waals surface area contributed by atoms with Gasteiger partial charge in [-0.15, -0.1) is 0 Å². The van der Waals surface area contributed by atoms with Crippen molar-refractivity contribution in [1.29, 1.82) is 0 Å². The van der Waals surface area contributed by atoms with E-state index in [4.69, 9.17) is 9.47 Å². The molecule has 0 radical (unpaired) electrons. The topological polar surface area (TPSA) is 44.8 Å². The average Bonchev–Trinajstić information content (AvgIpc) is 1.99. The molecule has 1 fully saturated rings. The van der Waals surface area contributed by atoms with Crippen molar-refractivity contribution in [3.8, 4) is 0 Å². The minimum absolute atomic E-state index is 0.0961. The minimum atomic E-state index is -0.601. The molecule has 14 heavy (non-hydrogen) atoms. The minimum Gasteiger partial charge on any atom is -0.469 e. The van der Waals surface area contributed by atoms with Crippen LogP contribution in [0.1, 0.15) is 33.6 Å². The fourth-order valence-corrected chi connectivity index (χ4v) is 1.77. The van der Waals surface area contributed by atoms with Gasteiger partial charge in [-0.1, -0.05) is 0 Å². The Morgan fingerprint density at radius 2 is 2.14 bits per heavy atom. The Morgan fingerprint density at radius 1 is 1.50 bits per heavy atom. The Bertz CT molecular complexity index is 212. The van der Waals surface area contributed by atoms with Crippen molar-refractivity contribution in [2.45, 2.75) is 51.6 Å². The third-order valence-corrected chi connectivity index (χ3v) is 2.15. The zero-order chi connectivity index (χ0) is 10.8. The first-order chi connectivity index (χ1) is 6.43. The third kappa shape index (κ3) is 3.27. The summed E-state index contributed by atoms with van der Waals surface area (Å²) in [6.45, 7) is 5.69. The summed E-state index contributed by atoms with van der Waals surface area (Å²) in [5.41, 5.74) is 0. The Balaban J connectivity index is 2.50. The van der Waals surface area contributed by atoms with Crippen molar-refractivity contribution in [3.63, 3.8) is 0 Å². The second-order valence-corrected chi connectivity index (χ2v) is 4.08. The van der Waals surface area contributed by atoms with Crippen LogP contribution in [0.2, 0.25) is 0 Å². The van der Waals surface area contributed by atoms with Crippen molar-refractivity contribution in [2.24, 2.45) is 0 Å². The summed E-state index contributed by atoms with van der Waals surface area (Å²) in [6.07, 6.45) is 1.06. The van der Waals surface area contributed by atoms with Gasteiger partial charge in [-0.2, -0.15) is 0 Å². The molecule has 0 amide bonds. The number of esters is 1. The van der Waals surface area contributed by atoms with Crippen LogP contribution in [0.25, 0.3) is 0 Å². The number of hydrogen-bond donors (Lipinski definition) is 0. The highest BCUT2D eigenvalue weighted by Crippen LogP contribution is 2.27. The fraction of sp³-hybridized carbons (Fsp3) is 0.900. The van der Waals surface area contributed by atoms with Crippen LogP contribution in [0.3, 0.4) is 0 Å². The van der Waals surface area contributed by atoms with Crippen LogP contribution in [-0.4, -0.2) is 31.1 Å². The number of rotatable bonds is 2. The summed E-state index contributed by atoms with van der Waals surface area (Å²) in [4.78, 5) is 11.1. The van der Waals surface area contributed by atoms with E-state index in [0.717, 1.165) is 6.42 Å². The number of carbonyl (C=O) groups excluding carboxylic acids is 1. The molecule has 1 saturated heterocycles. The molecule has 4 heteroatoms. The van der Waals surface area contributed by atoms with E-state index in [1.165, 1.54) is 7.11 Å². The molecule has 1 aliphatic heterocycles. The van der Waals surface area contributed by atoms with Gasteiger partial charge in [-0.25, -0.2) is 0 Å². The largest absolute Gasteiger partial charge is 0.469 e. The smallest absolute Gasteiger partial charge is 0.308 e. The van der Waals surface area contributed by atoms with E-state index in [2.05, 4.69) is 4.74 Å². The molecule has 4 nitrogen and oxygen atoms in total. The number of ether oxygens (including phenoxy) is 3. The third-order valence-electron chi connectivity index (χ3n) is 2.15. The SMILES string of the molecule is COC(=O)C[C@H]1C[C@@H](C)OC(C)(C)O1. The van der Waals surface area contributed by atoms with Gasteiger partial charge in [0.2, 0.25) is 0 Å².